The lowest BCUT2D eigenvalue weighted by atomic mass is 10.2. The summed E-state index contributed by atoms with van der Waals surface area (Å²) in [4.78, 5) is 9.10. The van der Waals surface area contributed by atoms with Gasteiger partial charge in [-0.1, -0.05) is 6.07 Å². The van der Waals surface area contributed by atoms with Crippen LogP contribution in [-0.2, 0) is 11.3 Å². The van der Waals surface area contributed by atoms with E-state index >= 15 is 0 Å². The first-order valence-corrected chi connectivity index (χ1v) is 7.25. The van der Waals surface area contributed by atoms with Gasteiger partial charge in [-0.05, 0) is 12.5 Å². The topological polar surface area (TPSA) is 52.4 Å². The standard InChI is InChI=1S/C15H20N4O/c16-10-15-13(2-1-4-17-15)11-18-5-3-14(12-18)19-6-8-20-9-7-19/h1-2,4,14H,3,5-9,11-12H2. The van der Waals surface area contributed by atoms with E-state index in [4.69, 9.17) is 10.00 Å². The molecule has 0 N–H and O–H groups in total. The van der Waals surface area contributed by atoms with Crippen molar-refractivity contribution < 1.29 is 4.74 Å². The molecule has 3 heterocycles. The Morgan fingerprint density at radius 1 is 1.35 bits per heavy atom. The van der Waals surface area contributed by atoms with Gasteiger partial charge in [-0.15, -0.1) is 0 Å². The maximum atomic E-state index is 9.10. The Bertz CT molecular complexity index is 493. The predicted molar refractivity (Wildman–Crippen MR) is 75.0 cm³/mol. The molecule has 0 amide bonds. The zero-order valence-electron chi connectivity index (χ0n) is 11.7. The molecule has 2 aliphatic heterocycles. The van der Waals surface area contributed by atoms with Crippen LogP contribution in [0.1, 0.15) is 17.7 Å². The van der Waals surface area contributed by atoms with E-state index in [9.17, 15) is 0 Å². The van der Waals surface area contributed by atoms with Crippen molar-refractivity contribution >= 4 is 0 Å². The second-order valence-corrected chi connectivity index (χ2v) is 5.45. The lowest BCUT2D eigenvalue weighted by Gasteiger charge is -2.32. The summed E-state index contributed by atoms with van der Waals surface area (Å²) in [5, 5.41) is 9.10. The second-order valence-electron chi connectivity index (χ2n) is 5.45. The Kier molecular flexibility index (Phi) is 4.26. The van der Waals surface area contributed by atoms with Gasteiger partial charge in [-0.2, -0.15) is 5.26 Å². The zero-order valence-corrected chi connectivity index (χ0v) is 11.7. The first-order valence-electron chi connectivity index (χ1n) is 7.25. The second kappa shape index (κ2) is 6.31. The predicted octanol–water partition coefficient (Wildman–Crippen LogP) is 0.860. The molecule has 1 aromatic heterocycles. The van der Waals surface area contributed by atoms with Gasteiger partial charge in [-0.3, -0.25) is 9.80 Å². The quantitative estimate of drug-likeness (QED) is 0.817. The molecule has 3 rings (SSSR count). The molecular weight excluding hydrogens is 252 g/mol. The molecule has 1 aromatic rings. The molecule has 20 heavy (non-hydrogen) atoms. The van der Waals surface area contributed by atoms with Gasteiger partial charge in [0.15, 0.2) is 0 Å². The van der Waals surface area contributed by atoms with Crippen molar-refractivity contribution in [2.75, 3.05) is 39.4 Å². The Balaban J connectivity index is 1.59. The van der Waals surface area contributed by atoms with Crippen molar-refractivity contribution in [3.63, 3.8) is 0 Å². The lowest BCUT2D eigenvalue weighted by Crippen LogP contribution is -2.44. The summed E-state index contributed by atoms with van der Waals surface area (Å²) in [7, 11) is 0. The fourth-order valence-electron chi connectivity index (χ4n) is 3.10. The monoisotopic (exact) mass is 272 g/mol. The van der Waals surface area contributed by atoms with Crippen LogP contribution in [0.3, 0.4) is 0 Å². The van der Waals surface area contributed by atoms with Crippen molar-refractivity contribution in [1.82, 2.24) is 14.8 Å². The molecule has 0 aliphatic carbocycles. The summed E-state index contributed by atoms with van der Waals surface area (Å²) < 4.78 is 5.41. The molecule has 5 nitrogen and oxygen atoms in total. The van der Waals surface area contributed by atoms with Gasteiger partial charge in [0.2, 0.25) is 0 Å². The molecule has 2 aliphatic rings. The summed E-state index contributed by atoms with van der Waals surface area (Å²) in [5.74, 6) is 0. The fraction of sp³-hybridized carbons (Fsp3) is 0.600. The maximum Gasteiger partial charge on any atom is 0.144 e. The van der Waals surface area contributed by atoms with Crippen LogP contribution in [0.25, 0.3) is 0 Å². The van der Waals surface area contributed by atoms with Gasteiger partial charge in [0.05, 0.1) is 13.2 Å². The van der Waals surface area contributed by atoms with Gasteiger partial charge in [0.1, 0.15) is 11.8 Å². The van der Waals surface area contributed by atoms with Crippen molar-refractivity contribution in [2.24, 2.45) is 0 Å². The Labute approximate surface area is 119 Å². The number of ether oxygens (including phenoxy) is 1. The number of likely N-dealkylation sites (tertiary alicyclic amines) is 1. The maximum absolute atomic E-state index is 9.10. The van der Waals surface area contributed by atoms with E-state index in [0.29, 0.717) is 11.7 Å². The molecule has 2 fully saturated rings. The van der Waals surface area contributed by atoms with Crippen LogP contribution in [0.15, 0.2) is 18.3 Å². The lowest BCUT2D eigenvalue weighted by molar-refractivity contribution is 0.0184. The molecule has 0 spiro atoms. The highest BCUT2D eigenvalue weighted by Crippen LogP contribution is 2.19. The molecule has 1 unspecified atom stereocenters. The number of pyridine rings is 1. The van der Waals surface area contributed by atoms with Crippen molar-refractivity contribution in [1.29, 1.82) is 5.26 Å². The van der Waals surface area contributed by atoms with Gasteiger partial charge < -0.3 is 4.74 Å². The molecule has 5 heteroatoms. The van der Waals surface area contributed by atoms with E-state index in [0.717, 1.165) is 51.5 Å². The largest absolute Gasteiger partial charge is 0.379 e. The summed E-state index contributed by atoms with van der Waals surface area (Å²) in [5.41, 5.74) is 1.60. The van der Waals surface area contributed by atoms with E-state index in [1.54, 1.807) is 6.20 Å². The molecule has 1 atom stereocenters. The van der Waals surface area contributed by atoms with E-state index < -0.39 is 0 Å². The van der Waals surface area contributed by atoms with E-state index in [2.05, 4.69) is 20.9 Å². The third kappa shape index (κ3) is 2.98. The van der Waals surface area contributed by atoms with Crippen LogP contribution in [0, 0.1) is 11.3 Å². The van der Waals surface area contributed by atoms with Gasteiger partial charge in [0.25, 0.3) is 0 Å². The van der Waals surface area contributed by atoms with Crippen LogP contribution in [-0.4, -0.2) is 60.2 Å². The minimum absolute atomic E-state index is 0.558. The first kappa shape index (κ1) is 13.5. The molecule has 0 aromatic carbocycles. The summed E-state index contributed by atoms with van der Waals surface area (Å²) in [6.45, 7) is 6.83. The average molecular weight is 272 g/mol. The van der Waals surface area contributed by atoms with Crippen molar-refractivity contribution in [3.8, 4) is 6.07 Å². The minimum atomic E-state index is 0.558. The smallest absolute Gasteiger partial charge is 0.144 e. The molecule has 2 saturated heterocycles. The van der Waals surface area contributed by atoms with Gasteiger partial charge in [0, 0.05) is 50.5 Å². The number of morpholine rings is 1. The molecule has 106 valence electrons. The van der Waals surface area contributed by atoms with Gasteiger partial charge in [-0.25, -0.2) is 4.98 Å². The average Bonchev–Trinajstić information content (AvgIpc) is 2.97. The zero-order chi connectivity index (χ0) is 13.8. The van der Waals surface area contributed by atoms with Crippen LogP contribution >= 0.6 is 0 Å². The van der Waals surface area contributed by atoms with E-state index in [-0.39, 0.29) is 0 Å². The first-order chi connectivity index (χ1) is 9.86. The SMILES string of the molecule is N#Cc1ncccc1CN1CCC(N2CCOCC2)C1. The number of nitrogens with zero attached hydrogens (tertiary/aromatic N) is 4. The molecule has 0 bridgehead atoms. The summed E-state index contributed by atoms with van der Waals surface area (Å²) >= 11 is 0. The number of aromatic nitrogens is 1. The molecular formula is C15H20N4O. The normalized spacial score (nSPS) is 24.6. The van der Waals surface area contributed by atoms with Crippen molar-refractivity contribution in [2.45, 2.75) is 19.0 Å². The Morgan fingerprint density at radius 2 is 2.20 bits per heavy atom. The summed E-state index contributed by atoms with van der Waals surface area (Å²) in [6, 6.07) is 6.74. The number of hydrogen-bond donors (Lipinski definition) is 0. The molecule has 0 saturated carbocycles. The van der Waals surface area contributed by atoms with Crippen LogP contribution in [0.2, 0.25) is 0 Å². The fourth-order valence-corrected chi connectivity index (χ4v) is 3.10. The highest BCUT2D eigenvalue weighted by molar-refractivity contribution is 5.30. The van der Waals surface area contributed by atoms with Gasteiger partial charge >= 0.3 is 0 Å². The highest BCUT2D eigenvalue weighted by atomic mass is 16.5. The summed E-state index contributed by atoms with van der Waals surface area (Å²) in [6.07, 6.45) is 2.89. The van der Waals surface area contributed by atoms with Crippen LogP contribution < -0.4 is 0 Å². The van der Waals surface area contributed by atoms with E-state index in [1.807, 2.05) is 12.1 Å². The van der Waals surface area contributed by atoms with Crippen LogP contribution in [0.4, 0.5) is 0 Å². The number of nitriles is 1. The third-order valence-corrected chi connectivity index (χ3v) is 4.20. The van der Waals surface area contributed by atoms with E-state index in [1.165, 1.54) is 6.42 Å². The number of rotatable bonds is 3. The number of hydrogen-bond acceptors (Lipinski definition) is 5. The minimum Gasteiger partial charge on any atom is -0.379 e. The van der Waals surface area contributed by atoms with Crippen molar-refractivity contribution in [3.05, 3.63) is 29.6 Å². The highest BCUT2D eigenvalue weighted by Gasteiger charge is 2.28. The third-order valence-electron chi connectivity index (χ3n) is 4.20. The van der Waals surface area contributed by atoms with Crippen LogP contribution in [0.5, 0.6) is 0 Å². The molecule has 0 radical (unpaired) electrons. The Hall–Kier alpha value is -1.48. The Morgan fingerprint density at radius 3 is 3.00 bits per heavy atom.